The Hall–Kier alpha value is -2.48. The van der Waals surface area contributed by atoms with Crippen molar-refractivity contribution in [2.45, 2.75) is 12.8 Å². The fourth-order valence-corrected chi connectivity index (χ4v) is 4.45. The van der Waals surface area contributed by atoms with E-state index in [2.05, 4.69) is 14.9 Å². The number of likely N-dealkylation sites (tertiary alicyclic amines) is 1. The summed E-state index contributed by atoms with van der Waals surface area (Å²) in [4.78, 5) is 40.8. The lowest BCUT2D eigenvalue weighted by atomic mass is 9.96. The molecule has 4 rings (SSSR count). The van der Waals surface area contributed by atoms with Crippen molar-refractivity contribution in [3.8, 4) is 0 Å². The molecule has 2 aliphatic rings. The number of nitrogens with zero attached hydrogens (tertiary/aromatic N) is 5. The predicted molar refractivity (Wildman–Crippen MR) is 104 cm³/mol. The first-order valence-electron chi connectivity index (χ1n) is 9.36. The molecule has 2 fully saturated rings. The maximum Gasteiger partial charge on any atom is 0.263 e. The fraction of sp³-hybridized carbons (Fsp3) is 0.474. The van der Waals surface area contributed by atoms with Crippen LogP contribution in [0.25, 0.3) is 0 Å². The number of carbonyl (C=O) groups is 2. The molecule has 1 atom stereocenters. The summed E-state index contributed by atoms with van der Waals surface area (Å²) in [5.41, 5.74) is 0. The summed E-state index contributed by atoms with van der Waals surface area (Å²) in [6.45, 7) is 4.08. The van der Waals surface area contributed by atoms with E-state index in [0.717, 1.165) is 43.3 Å². The second kappa shape index (κ2) is 8.04. The van der Waals surface area contributed by atoms with Gasteiger partial charge in [-0.15, -0.1) is 11.3 Å². The lowest BCUT2D eigenvalue weighted by Crippen LogP contribution is -2.53. The van der Waals surface area contributed by atoms with Gasteiger partial charge in [-0.25, -0.2) is 9.97 Å². The van der Waals surface area contributed by atoms with E-state index in [-0.39, 0.29) is 17.7 Å². The van der Waals surface area contributed by atoms with E-state index in [4.69, 9.17) is 0 Å². The largest absolute Gasteiger partial charge is 0.339 e. The Balaban J connectivity index is 1.34. The third-order valence-corrected chi connectivity index (χ3v) is 6.07. The Kier molecular flexibility index (Phi) is 5.33. The summed E-state index contributed by atoms with van der Waals surface area (Å²) in [5.74, 6) is 0.845. The van der Waals surface area contributed by atoms with Crippen LogP contribution in [0.4, 0.5) is 5.95 Å². The topological polar surface area (TPSA) is 69.6 Å². The summed E-state index contributed by atoms with van der Waals surface area (Å²) >= 11 is 1.46. The van der Waals surface area contributed by atoms with E-state index in [0.29, 0.717) is 19.6 Å². The number of thiophene rings is 1. The molecule has 7 nitrogen and oxygen atoms in total. The molecule has 0 saturated carbocycles. The Morgan fingerprint density at radius 3 is 2.48 bits per heavy atom. The molecule has 0 bridgehead atoms. The van der Waals surface area contributed by atoms with Crippen molar-refractivity contribution in [3.05, 3.63) is 40.8 Å². The molecular weight excluding hydrogens is 362 g/mol. The highest BCUT2D eigenvalue weighted by molar-refractivity contribution is 7.12. The summed E-state index contributed by atoms with van der Waals surface area (Å²) in [5, 5.41) is 1.91. The van der Waals surface area contributed by atoms with Gasteiger partial charge in [-0.05, 0) is 30.4 Å². The van der Waals surface area contributed by atoms with E-state index >= 15 is 0 Å². The maximum atomic E-state index is 13.0. The van der Waals surface area contributed by atoms with Crippen LogP contribution in [0, 0.1) is 5.92 Å². The lowest BCUT2D eigenvalue weighted by molar-refractivity contribution is -0.137. The van der Waals surface area contributed by atoms with Crippen molar-refractivity contribution in [3.63, 3.8) is 0 Å². The molecule has 142 valence electrons. The first-order valence-corrected chi connectivity index (χ1v) is 10.2. The predicted octanol–water partition coefficient (Wildman–Crippen LogP) is 1.74. The van der Waals surface area contributed by atoms with Crippen molar-refractivity contribution >= 4 is 29.1 Å². The van der Waals surface area contributed by atoms with E-state index in [1.807, 2.05) is 27.3 Å². The van der Waals surface area contributed by atoms with Crippen molar-refractivity contribution < 1.29 is 9.59 Å². The van der Waals surface area contributed by atoms with Crippen molar-refractivity contribution in [1.29, 1.82) is 0 Å². The normalized spacial score (nSPS) is 20.6. The van der Waals surface area contributed by atoms with E-state index in [1.165, 1.54) is 11.3 Å². The average Bonchev–Trinajstić information content (AvgIpc) is 3.28. The molecule has 0 aromatic carbocycles. The molecule has 2 aliphatic heterocycles. The number of amides is 2. The minimum absolute atomic E-state index is 0.0496. The molecule has 2 aromatic rings. The Morgan fingerprint density at radius 1 is 1.00 bits per heavy atom. The number of aromatic nitrogens is 2. The zero-order valence-corrected chi connectivity index (χ0v) is 16.0. The van der Waals surface area contributed by atoms with Gasteiger partial charge in [-0.3, -0.25) is 9.59 Å². The SMILES string of the molecule is O=C(c1cccs1)N1CCCC(C(=O)N2CCN(c3ncccn3)CC2)C1. The molecule has 0 spiro atoms. The van der Waals surface area contributed by atoms with Crippen LogP contribution in [0.15, 0.2) is 36.0 Å². The second-order valence-corrected chi connectivity index (χ2v) is 7.88. The van der Waals surface area contributed by atoms with Crippen molar-refractivity contribution in [1.82, 2.24) is 19.8 Å². The lowest BCUT2D eigenvalue weighted by Gasteiger charge is -2.39. The number of anilines is 1. The van der Waals surface area contributed by atoms with Crippen LogP contribution < -0.4 is 4.90 Å². The first kappa shape index (κ1) is 17.9. The van der Waals surface area contributed by atoms with Gasteiger partial charge >= 0.3 is 0 Å². The zero-order chi connectivity index (χ0) is 18.6. The van der Waals surface area contributed by atoms with Gasteiger partial charge < -0.3 is 14.7 Å². The van der Waals surface area contributed by atoms with Gasteiger partial charge in [0.1, 0.15) is 0 Å². The van der Waals surface area contributed by atoms with Crippen LogP contribution in [-0.4, -0.2) is 70.9 Å². The molecule has 2 aromatic heterocycles. The van der Waals surface area contributed by atoms with Crippen LogP contribution in [0.2, 0.25) is 0 Å². The number of piperidine rings is 1. The van der Waals surface area contributed by atoms with E-state index in [1.54, 1.807) is 18.5 Å². The van der Waals surface area contributed by atoms with Crippen LogP contribution in [0.1, 0.15) is 22.5 Å². The zero-order valence-electron chi connectivity index (χ0n) is 15.2. The van der Waals surface area contributed by atoms with Crippen LogP contribution in [-0.2, 0) is 4.79 Å². The Bertz CT molecular complexity index is 775. The minimum Gasteiger partial charge on any atom is -0.339 e. The third-order valence-electron chi connectivity index (χ3n) is 5.22. The van der Waals surface area contributed by atoms with Gasteiger partial charge in [0, 0.05) is 51.7 Å². The van der Waals surface area contributed by atoms with Crippen LogP contribution >= 0.6 is 11.3 Å². The molecule has 0 radical (unpaired) electrons. The van der Waals surface area contributed by atoms with Crippen molar-refractivity contribution in [2.24, 2.45) is 5.92 Å². The first-order chi connectivity index (χ1) is 13.2. The maximum absolute atomic E-state index is 13.0. The molecule has 4 heterocycles. The van der Waals surface area contributed by atoms with Gasteiger partial charge in [0.25, 0.3) is 5.91 Å². The third kappa shape index (κ3) is 3.95. The number of carbonyl (C=O) groups excluding carboxylic acids is 2. The van der Waals surface area contributed by atoms with Crippen LogP contribution in [0.3, 0.4) is 0 Å². The monoisotopic (exact) mass is 385 g/mol. The highest BCUT2D eigenvalue weighted by atomic mass is 32.1. The quantitative estimate of drug-likeness (QED) is 0.805. The Morgan fingerprint density at radius 2 is 1.78 bits per heavy atom. The molecule has 8 heteroatoms. The summed E-state index contributed by atoms with van der Waals surface area (Å²) in [7, 11) is 0. The van der Waals surface area contributed by atoms with Gasteiger partial charge in [-0.2, -0.15) is 0 Å². The molecule has 0 aliphatic carbocycles. The molecule has 0 N–H and O–H groups in total. The Labute approximate surface area is 162 Å². The van der Waals surface area contributed by atoms with Gasteiger partial charge in [-0.1, -0.05) is 6.07 Å². The molecule has 2 saturated heterocycles. The van der Waals surface area contributed by atoms with Gasteiger partial charge in [0.15, 0.2) is 0 Å². The summed E-state index contributed by atoms with van der Waals surface area (Å²) in [6, 6.07) is 5.54. The smallest absolute Gasteiger partial charge is 0.263 e. The number of rotatable bonds is 3. The molecule has 27 heavy (non-hydrogen) atoms. The number of hydrogen-bond acceptors (Lipinski definition) is 6. The van der Waals surface area contributed by atoms with Gasteiger partial charge in [0.2, 0.25) is 11.9 Å². The van der Waals surface area contributed by atoms with E-state index < -0.39 is 0 Å². The molecular formula is C19H23N5O2S. The average molecular weight is 385 g/mol. The minimum atomic E-state index is -0.0952. The number of piperazine rings is 1. The molecule has 2 amide bonds. The number of hydrogen-bond donors (Lipinski definition) is 0. The van der Waals surface area contributed by atoms with E-state index in [9.17, 15) is 9.59 Å². The fourth-order valence-electron chi connectivity index (χ4n) is 3.76. The highest BCUT2D eigenvalue weighted by Gasteiger charge is 2.33. The highest BCUT2D eigenvalue weighted by Crippen LogP contribution is 2.23. The summed E-state index contributed by atoms with van der Waals surface area (Å²) in [6.07, 6.45) is 5.21. The van der Waals surface area contributed by atoms with Crippen molar-refractivity contribution in [2.75, 3.05) is 44.2 Å². The standard InChI is InChI=1S/C19H23N5O2S/c25-17(22-9-11-23(12-10-22)19-20-6-3-7-21-19)15-4-1-8-24(14-15)18(26)16-5-2-13-27-16/h2-3,5-7,13,15H,1,4,8-12,14H2. The van der Waals surface area contributed by atoms with Gasteiger partial charge in [0.05, 0.1) is 10.8 Å². The molecule has 1 unspecified atom stereocenters. The van der Waals surface area contributed by atoms with Crippen LogP contribution in [0.5, 0.6) is 0 Å². The summed E-state index contributed by atoms with van der Waals surface area (Å²) < 4.78 is 0. The second-order valence-electron chi connectivity index (χ2n) is 6.93.